The monoisotopic (exact) mass is 217 g/mol. The minimum Gasteiger partial charge on any atom is -0.336 e. The zero-order chi connectivity index (χ0) is 11.5. The van der Waals surface area contributed by atoms with Gasteiger partial charge in [-0.1, -0.05) is 35.0 Å². The molecule has 1 heterocycles. The molecule has 1 aromatic carbocycles. The maximum Gasteiger partial charge on any atom is 0.321 e. The summed E-state index contributed by atoms with van der Waals surface area (Å²) in [5.41, 5.74) is 2.18. The number of benzene rings is 1. The standard InChI is InChI=1S/C12H15N3O/c1-8(2)13-12-14-11(15-16-12)10-6-4-9(3)5-7-10/h4-8H,1-3H3,(H,13,14,15). The first-order chi connectivity index (χ1) is 7.65. The van der Waals surface area contributed by atoms with Gasteiger partial charge in [0.2, 0.25) is 5.82 Å². The largest absolute Gasteiger partial charge is 0.336 e. The van der Waals surface area contributed by atoms with Crippen LogP contribution in [0.25, 0.3) is 11.4 Å². The molecule has 2 aromatic rings. The molecule has 0 aliphatic rings. The lowest BCUT2D eigenvalue weighted by molar-refractivity contribution is 0.429. The van der Waals surface area contributed by atoms with Gasteiger partial charge in [-0.3, -0.25) is 0 Å². The van der Waals surface area contributed by atoms with Gasteiger partial charge in [-0.2, -0.15) is 4.98 Å². The van der Waals surface area contributed by atoms with Crippen LogP contribution in [0.1, 0.15) is 19.4 Å². The lowest BCUT2D eigenvalue weighted by Crippen LogP contribution is -2.09. The Balaban J connectivity index is 2.21. The number of anilines is 1. The second-order valence-corrected chi connectivity index (χ2v) is 4.09. The van der Waals surface area contributed by atoms with Crippen molar-refractivity contribution >= 4 is 6.01 Å². The summed E-state index contributed by atoms with van der Waals surface area (Å²) in [5, 5.41) is 6.99. The fourth-order valence-electron chi connectivity index (χ4n) is 1.35. The molecule has 1 aromatic heterocycles. The highest BCUT2D eigenvalue weighted by atomic mass is 16.5. The summed E-state index contributed by atoms with van der Waals surface area (Å²) in [6.45, 7) is 6.09. The van der Waals surface area contributed by atoms with Crippen molar-refractivity contribution < 1.29 is 4.52 Å². The van der Waals surface area contributed by atoms with Crippen LogP contribution in [-0.4, -0.2) is 16.2 Å². The number of aromatic nitrogens is 2. The Labute approximate surface area is 94.7 Å². The molecule has 0 radical (unpaired) electrons. The molecule has 4 heteroatoms. The van der Waals surface area contributed by atoms with Crippen LogP contribution in [0.5, 0.6) is 0 Å². The second-order valence-electron chi connectivity index (χ2n) is 4.09. The van der Waals surface area contributed by atoms with Crippen LogP contribution in [0.15, 0.2) is 28.8 Å². The maximum absolute atomic E-state index is 5.09. The molecule has 0 saturated carbocycles. The van der Waals surface area contributed by atoms with E-state index in [1.165, 1.54) is 5.56 Å². The predicted molar refractivity (Wildman–Crippen MR) is 63.2 cm³/mol. The van der Waals surface area contributed by atoms with E-state index in [1.54, 1.807) is 0 Å². The highest BCUT2D eigenvalue weighted by molar-refractivity contribution is 5.55. The lowest BCUT2D eigenvalue weighted by Gasteiger charge is -2.01. The van der Waals surface area contributed by atoms with Crippen molar-refractivity contribution in [2.24, 2.45) is 0 Å². The molecule has 0 unspecified atom stereocenters. The summed E-state index contributed by atoms with van der Waals surface area (Å²) >= 11 is 0. The van der Waals surface area contributed by atoms with Crippen molar-refractivity contribution in [3.63, 3.8) is 0 Å². The first-order valence-corrected chi connectivity index (χ1v) is 5.32. The average Bonchev–Trinajstić information content (AvgIpc) is 2.66. The summed E-state index contributed by atoms with van der Waals surface area (Å²) in [7, 11) is 0. The van der Waals surface area contributed by atoms with E-state index < -0.39 is 0 Å². The molecule has 0 fully saturated rings. The molecular weight excluding hydrogens is 202 g/mol. The van der Waals surface area contributed by atoms with Gasteiger partial charge in [0.15, 0.2) is 0 Å². The smallest absolute Gasteiger partial charge is 0.321 e. The van der Waals surface area contributed by atoms with Crippen molar-refractivity contribution in [1.82, 2.24) is 10.1 Å². The molecule has 0 spiro atoms. The van der Waals surface area contributed by atoms with Gasteiger partial charge in [-0.25, -0.2) is 0 Å². The highest BCUT2D eigenvalue weighted by Gasteiger charge is 2.08. The Hall–Kier alpha value is -1.84. The van der Waals surface area contributed by atoms with Crippen molar-refractivity contribution in [2.45, 2.75) is 26.8 Å². The van der Waals surface area contributed by atoms with Gasteiger partial charge in [0.05, 0.1) is 0 Å². The zero-order valence-electron chi connectivity index (χ0n) is 9.69. The van der Waals surface area contributed by atoms with E-state index in [0.717, 1.165) is 5.56 Å². The summed E-state index contributed by atoms with van der Waals surface area (Å²) in [5.74, 6) is 0.614. The highest BCUT2D eigenvalue weighted by Crippen LogP contribution is 2.18. The second kappa shape index (κ2) is 4.35. The first kappa shape index (κ1) is 10.7. The Morgan fingerprint density at radius 1 is 1.19 bits per heavy atom. The average molecular weight is 217 g/mol. The van der Waals surface area contributed by atoms with Crippen molar-refractivity contribution in [1.29, 1.82) is 0 Å². The summed E-state index contributed by atoms with van der Waals surface area (Å²) in [4.78, 5) is 4.26. The van der Waals surface area contributed by atoms with Crippen LogP contribution in [0.2, 0.25) is 0 Å². The lowest BCUT2D eigenvalue weighted by atomic mass is 10.1. The molecule has 0 saturated heterocycles. The Morgan fingerprint density at radius 2 is 1.88 bits per heavy atom. The molecule has 0 atom stereocenters. The number of rotatable bonds is 3. The van der Waals surface area contributed by atoms with Gasteiger partial charge < -0.3 is 9.84 Å². The van der Waals surface area contributed by atoms with Crippen LogP contribution in [0.4, 0.5) is 6.01 Å². The minimum atomic E-state index is 0.284. The summed E-state index contributed by atoms with van der Waals surface area (Å²) in [6, 6.07) is 8.78. The first-order valence-electron chi connectivity index (χ1n) is 5.32. The van der Waals surface area contributed by atoms with Crippen LogP contribution in [0.3, 0.4) is 0 Å². The molecular formula is C12H15N3O. The quantitative estimate of drug-likeness (QED) is 0.858. The molecule has 4 nitrogen and oxygen atoms in total. The third kappa shape index (κ3) is 2.39. The summed E-state index contributed by atoms with van der Waals surface area (Å²) < 4.78 is 5.09. The number of nitrogens with zero attached hydrogens (tertiary/aromatic N) is 2. The molecule has 0 bridgehead atoms. The van der Waals surface area contributed by atoms with E-state index in [9.17, 15) is 0 Å². The van der Waals surface area contributed by atoms with E-state index in [-0.39, 0.29) is 6.04 Å². The van der Waals surface area contributed by atoms with Gasteiger partial charge >= 0.3 is 6.01 Å². The molecule has 0 aliphatic carbocycles. The molecule has 1 N–H and O–H groups in total. The van der Waals surface area contributed by atoms with Gasteiger partial charge in [0, 0.05) is 11.6 Å². The van der Waals surface area contributed by atoms with Crippen molar-refractivity contribution in [3.05, 3.63) is 29.8 Å². The van der Waals surface area contributed by atoms with Gasteiger partial charge in [0.25, 0.3) is 0 Å². The van der Waals surface area contributed by atoms with Crippen LogP contribution < -0.4 is 5.32 Å². The molecule has 0 aliphatic heterocycles. The summed E-state index contributed by atoms with van der Waals surface area (Å²) in [6.07, 6.45) is 0. The fraction of sp³-hybridized carbons (Fsp3) is 0.333. The number of hydrogen-bond donors (Lipinski definition) is 1. The van der Waals surface area contributed by atoms with Crippen molar-refractivity contribution in [2.75, 3.05) is 5.32 Å². The van der Waals surface area contributed by atoms with Gasteiger partial charge in [-0.05, 0) is 20.8 Å². The zero-order valence-corrected chi connectivity index (χ0v) is 9.69. The van der Waals surface area contributed by atoms with E-state index in [0.29, 0.717) is 11.8 Å². The Morgan fingerprint density at radius 3 is 2.50 bits per heavy atom. The van der Waals surface area contributed by atoms with E-state index >= 15 is 0 Å². The molecule has 2 rings (SSSR count). The third-order valence-corrected chi connectivity index (χ3v) is 2.15. The van der Waals surface area contributed by atoms with Crippen molar-refractivity contribution in [3.8, 4) is 11.4 Å². The van der Waals surface area contributed by atoms with E-state index in [2.05, 4.69) is 15.5 Å². The fourth-order valence-corrected chi connectivity index (χ4v) is 1.35. The number of hydrogen-bond acceptors (Lipinski definition) is 4. The predicted octanol–water partition coefficient (Wildman–Crippen LogP) is 2.87. The van der Waals surface area contributed by atoms with Crippen LogP contribution in [-0.2, 0) is 0 Å². The van der Waals surface area contributed by atoms with Gasteiger partial charge in [-0.15, -0.1) is 0 Å². The normalized spacial score (nSPS) is 10.8. The molecule has 84 valence electrons. The third-order valence-electron chi connectivity index (χ3n) is 2.15. The topological polar surface area (TPSA) is 51.0 Å². The Bertz CT molecular complexity index is 459. The minimum absolute atomic E-state index is 0.284. The van der Waals surface area contributed by atoms with Crippen LogP contribution >= 0.6 is 0 Å². The molecule has 16 heavy (non-hydrogen) atoms. The number of nitrogens with one attached hydrogen (secondary N) is 1. The Kier molecular flexibility index (Phi) is 2.90. The van der Waals surface area contributed by atoms with Gasteiger partial charge in [0.1, 0.15) is 0 Å². The van der Waals surface area contributed by atoms with E-state index in [4.69, 9.17) is 4.52 Å². The molecule has 0 amide bonds. The van der Waals surface area contributed by atoms with Crippen LogP contribution in [0, 0.1) is 6.92 Å². The SMILES string of the molecule is Cc1ccc(-c2noc(NC(C)C)n2)cc1. The number of aryl methyl sites for hydroxylation is 1. The maximum atomic E-state index is 5.09. The van der Waals surface area contributed by atoms with E-state index in [1.807, 2.05) is 45.0 Å².